The minimum Gasteiger partial charge on any atom is -0.388 e. The molecule has 0 fully saturated rings. The van der Waals surface area contributed by atoms with Crippen LogP contribution in [0.15, 0.2) is 53.1 Å². The predicted molar refractivity (Wildman–Crippen MR) is 79.7 cm³/mol. The van der Waals surface area contributed by atoms with Gasteiger partial charge in [0.15, 0.2) is 5.78 Å². The van der Waals surface area contributed by atoms with Crippen LogP contribution >= 0.6 is 0 Å². The lowest BCUT2D eigenvalue weighted by atomic mass is 9.56. The van der Waals surface area contributed by atoms with Gasteiger partial charge in [-0.05, 0) is 49.0 Å². The quantitative estimate of drug-likeness (QED) is 0.783. The highest BCUT2D eigenvalue weighted by Gasteiger charge is 2.55. The molecule has 1 heterocycles. The Kier molecular flexibility index (Phi) is 3.09. The van der Waals surface area contributed by atoms with Crippen LogP contribution in [-0.4, -0.2) is 29.3 Å². The van der Waals surface area contributed by atoms with Crippen molar-refractivity contribution in [2.45, 2.75) is 31.3 Å². The fourth-order valence-electron chi connectivity index (χ4n) is 3.72. The maximum absolute atomic E-state index is 11.9. The summed E-state index contributed by atoms with van der Waals surface area (Å²) in [5.41, 5.74) is 0.385. The Hall–Kier alpha value is -1.74. The molecule has 0 saturated heterocycles. The van der Waals surface area contributed by atoms with Crippen molar-refractivity contribution in [3.05, 3.63) is 48.1 Å². The van der Waals surface area contributed by atoms with E-state index in [-0.39, 0.29) is 5.78 Å². The number of carbonyl (C=O) groups is 1. The number of rotatable bonds is 2. The lowest BCUT2D eigenvalue weighted by molar-refractivity contribution is -0.110. The Morgan fingerprint density at radius 2 is 2.30 bits per heavy atom. The molecule has 0 amide bonds. The first-order chi connectivity index (χ1) is 9.62. The van der Waals surface area contributed by atoms with Crippen LogP contribution in [0.3, 0.4) is 0 Å². The van der Waals surface area contributed by atoms with Crippen LogP contribution in [0.1, 0.15) is 25.7 Å². The highest BCUT2D eigenvalue weighted by Crippen LogP contribution is 2.54. The van der Waals surface area contributed by atoms with Crippen LogP contribution in [0.25, 0.3) is 0 Å². The largest absolute Gasteiger partial charge is 0.388 e. The van der Waals surface area contributed by atoms with Gasteiger partial charge in [-0.1, -0.05) is 18.2 Å². The molecule has 0 bridgehead atoms. The minimum atomic E-state index is -0.941. The molecular weight excluding hydrogens is 250 g/mol. The third-order valence-corrected chi connectivity index (χ3v) is 4.64. The van der Waals surface area contributed by atoms with Crippen molar-refractivity contribution in [2.24, 2.45) is 10.4 Å². The predicted octanol–water partition coefficient (Wildman–Crippen LogP) is 2.54. The summed E-state index contributed by atoms with van der Waals surface area (Å²) in [6.45, 7) is 4.46. The van der Waals surface area contributed by atoms with Crippen molar-refractivity contribution in [1.82, 2.24) is 0 Å². The van der Waals surface area contributed by atoms with Crippen LogP contribution in [0.2, 0.25) is 0 Å². The highest BCUT2D eigenvalue weighted by atomic mass is 16.3. The number of aliphatic imine (C=N–C) groups is 1. The normalized spacial score (nSPS) is 35.5. The molecule has 1 aliphatic heterocycles. The summed E-state index contributed by atoms with van der Waals surface area (Å²) in [5, 5.41) is 11.3. The van der Waals surface area contributed by atoms with E-state index >= 15 is 0 Å². The maximum atomic E-state index is 11.9. The smallest absolute Gasteiger partial charge is 0.178 e. The number of allylic oxidation sites excluding steroid dienone is 4. The number of ketones is 1. The van der Waals surface area contributed by atoms with E-state index in [9.17, 15) is 9.90 Å². The Balaban J connectivity index is 2.27. The highest BCUT2D eigenvalue weighted by molar-refractivity contribution is 6.02. The molecule has 0 aromatic rings. The van der Waals surface area contributed by atoms with Crippen LogP contribution < -0.4 is 0 Å². The van der Waals surface area contributed by atoms with Gasteiger partial charge in [0.1, 0.15) is 0 Å². The molecule has 3 heteroatoms. The van der Waals surface area contributed by atoms with Crippen LogP contribution in [0.5, 0.6) is 0 Å². The summed E-state index contributed by atoms with van der Waals surface area (Å²) in [7, 11) is 0. The number of hydrogen-bond acceptors (Lipinski definition) is 3. The fraction of sp³-hybridized carbons (Fsp3) is 0.412. The van der Waals surface area contributed by atoms with Gasteiger partial charge in [0.05, 0.1) is 11.0 Å². The molecular formula is C17H19NO2. The second-order valence-electron chi connectivity index (χ2n) is 5.72. The number of hydrogen-bond donors (Lipinski definition) is 1. The van der Waals surface area contributed by atoms with Crippen molar-refractivity contribution in [2.75, 3.05) is 6.54 Å². The zero-order valence-corrected chi connectivity index (χ0v) is 11.5. The van der Waals surface area contributed by atoms with Gasteiger partial charge in [-0.15, -0.1) is 6.58 Å². The van der Waals surface area contributed by atoms with Crippen molar-refractivity contribution in [3.8, 4) is 0 Å². The number of carbonyl (C=O) groups excluding carboxylic acids is 1. The van der Waals surface area contributed by atoms with Gasteiger partial charge < -0.3 is 5.11 Å². The van der Waals surface area contributed by atoms with E-state index < -0.39 is 11.0 Å². The zero-order valence-electron chi connectivity index (χ0n) is 11.5. The molecule has 2 aliphatic carbocycles. The van der Waals surface area contributed by atoms with Gasteiger partial charge >= 0.3 is 0 Å². The Bertz CT molecular complexity index is 582. The molecule has 0 saturated carbocycles. The molecule has 2 unspecified atom stereocenters. The van der Waals surface area contributed by atoms with E-state index in [1.54, 1.807) is 18.2 Å². The first-order valence-corrected chi connectivity index (χ1v) is 7.10. The molecule has 104 valence electrons. The maximum Gasteiger partial charge on any atom is 0.178 e. The Morgan fingerprint density at radius 1 is 1.45 bits per heavy atom. The first kappa shape index (κ1) is 13.3. The third kappa shape index (κ3) is 1.70. The molecule has 3 aliphatic rings. The van der Waals surface area contributed by atoms with E-state index in [1.165, 1.54) is 0 Å². The van der Waals surface area contributed by atoms with E-state index in [0.29, 0.717) is 19.4 Å². The van der Waals surface area contributed by atoms with Crippen molar-refractivity contribution in [3.63, 3.8) is 0 Å². The molecule has 3 rings (SSSR count). The summed E-state index contributed by atoms with van der Waals surface area (Å²) in [5.74, 6) is -0.00840. The first-order valence-electron chi connectivity index (χ1n) is 7.10. The van der Waals surface area contributed by atoms with Gasteiger partial charge in [0, 0.05) is 12.8 Å². The SMILES string of the molecule is C=CCC1(O)CCC=C2C=CC(=O)C=C3CCN=CC231. The molecule has 1 spiro atoms. The Labute approximate surface area is 119 Å². The van der Waals surface area contributed by atoms with E-state index in [0.717, 1.165) is 24.0 Å². The van der Waals surface area contributed by atoms with Crippen LogP contribution in [0.4, 0.5) is 0 Å². The molecule has 1 N–H and O–H groups in total. The lowest BCUT2D eigenvalue weighted by Crippen LogP contribution is -2.54. The Morgan fingerprint density at radius 3 is 3.10 bits per heavy atom. The summed E-state index contributed by atoms with van der Waals surface area (Å²) >= 11 is 0. The van der Waals surface area contributed by atoms with Gasteiger partial charge in [0.25, 0.3) is 0 Å². The van der Waals surface area contributed by atoms with Crippen molar-refractivity contribution in [1.29, 1.82) is 0 Å². The number of nitrogens with zero attached hydrogens (tertiary/aromatic N) is 1. The summed E-state index contributed by atoms with van der Waals surface area (Å²) in [6, 6.07) is 0. The van der Waals surface area contributed by atoms with Crippen molar-refractivity contribution < 1.29 is 9.90 Å². The van der Waals surface area contributed by atoms with Gasteiger partial charge in [0.2, 0.25) is 0 Å². The molecule has 2 atom stereocenters. The van der Waals surface area contributed by atoms with Crippen LogP contribution in [0, 0.1) is 5.41 Å². The average Bonchev–Trinajstić information content (AvgIpc) is 2.57. The van der Waals surface area contributed by atoms with Crippen LogP contribution in [-0.2, 0) is 4.79 Å². The summed E-state index contributed by atoms with van der Waals surface area (Å²) in [4.78, 5) is 16.3. The molecule has 3 nitrogen and oxygen atoms in total. The van der Waals surface area contributed by atoms with Crippen molar-refractivity contribution >= 4 is 12.0 Å². The lowest BCUT2D eigenvalue weighted by Gasteiger charge is -2.50. The van der Waals surface area contributed by atoms with E-state index in [2.05, 4.69) is 17.6 Å². The molecule has 0 aromatic carbocycles. The molecule has 0 radical (unpaired) electrons. The van der Waals surface area contributed by atoms with Gasteiger partial charge in [-0.3, -0.25) is 9.79 Å². The van der Waals surface area contributed by atoms with E-state index in [1.807, 2.05) is 12.3 Å². The topological polar surface area (TPSA) is 49.7 Å². The summed E-state index contributed by atoms with van der Waals surface area (Å²) in [6.07, 6.45) is 13.5. The third-order valence-electron chi connectivity index (χ3n) is 4.64. The average molecular weight is 269 g/mol. The fourth-order valence-corrected chi connectivity index (χ4v) is 3.72. The second kappa shape index (κ2) is 4.67. The van der Waals surface area contributed by atoms with Gasteiger partial charge in [-0.25, -0.2) is 0 Å². The minimum absolute atomic E-state index is 0.00840. The summed E-state index contributed by atoms with van der Waals surface area (Å²) < 4.78 is 0. The molecule has 20 heavy (non-hydrogen) atoms. The number of aliphatic hydroxyl groups is 1. The van der Waals surface area contributed by atoms with Gasteiger partial charge in [-0.2, -0.15) is 0 Å². The zero-order chi connectivity index (χ0) is 14.2. The van der Waals surface area contributed by atoms with E-state index in [4.69, 9.17) is 0 Å². The molecule has 0 aromatic heterocycles. The monoisotopic (exact) mass is 269 g/mol. The standard InChI is InChI=1S/C17H19NO2/c1-2-8-16(20)9-3-4-13-5-6-15(19)11-14-7-10-18-12-17(13,14)16/h2,4-6,11-12,20H,1,3,7-10H2. The second-order valence-corrected chi connectivity index (χ2v) is 5.72.